The number of rotatable bonds is 4. The van der Waals surface area contributed by atoms with E-state index in [2.05, 4.69) is 174 Å². The van der Waals surface area contributed by atoms with Crippen molar-refractivity contribution >= 4 is 49.6 Å². The first-order chi connectivity index (χ1) is 23.8. The Kier molecular flexibility index (Phi) is 5.95. The molecule has 1 unspecified atom stereocenters. The Morgan fingerprint density at radius 1 is 0.417 bits per heavy atom. The molecule has 1 atom stereocenters. The Balaban J connectivity index is 1.12. The number of benzene rings is 7. The number of hydrogen-bond donors (Lipinski definition) is 1. The molecule has 1 aliphatic heterocycles. The minimum Gasteiger partial charge on any atom is -0.294 e. The minimum absolute atomic E-state index is 0.917. The molecule has 10 rings (SSSR count). The number of aromatic nitrogens is 2. The summed E-state index contributed by atoms with van der Waals surface area (Å²) in [5.74, 6) is 0.917. The van der Waals surface area contributed by atoms with Gasteiger partial charge < -0.3 is 0 Å². The summed E-state index contributed by atoms with van der Waals surface area (Å²) in [4.78, 5) is 6.44. The standard InChI is InChI=1S/C45H29N3/c1-2-12-31(13-3-1)40-17-10-20-45(46-40)48-42-19-9-7-16-37(42)39-28-33(23-26-43(39)48)34-22-25-38-36-15-6-8-18-41(36)47(44(38)29-34)35-24-21-30-11-4-5-14-32(30)27-35/h1-29H/p+1. The van der Waals surface area contributed by atoms with Crippen LogP contribution in [0.2, 0.25) is 0 Å². The maximum Gasteiger partial charge on any atom is 0.150 e. The summed E-state index contributed by atoms with van der Waals surface area (Å²) >= 11 is 0. The molecule has 224 valence electrons. The maximum absolute atomic E-state index is 5.14. The van der Waals surface area contributed by atoms with Crippen molar-refractivity contribution in [3.05, 3.63) is 176 Å². The molecule has 3 heteroatoms. The van der Waals surface area contributed by atoms with Crippen molar-refractivity contribution < 1.29 is 4.90 Å². The summed E-state index contributed by atoms with van der Waals surface area (Å²) in [6, 6.07) is 63.5. The van der Waals surface area contributed by atoms with Crippen molar-refractivity contribution in [2.75, 3.05) is 0 Å². The predicted molar refractivity (Wildman–Crippen MR) is 199 cm³/mol. The first-order valence-electron chi connectivity index (χ1n) is 16.5. The van der Waals surface area contributed by atoms with Crippen LogP contribution < -0.4 is 4.90 Å². The van der Waals surface area contributed by atoms with Crippen molar-refractivity contribution in [2.45, 2.75) is 0 Å². The van der Waals surface area contributed by atoms with Gasteiger partial charge in [-0.25, -0.2) is 9.88 Å². The molecule has 0 bridgehead atoms. The van der Waals surface area contributed by atoms with Crippen LogP contribution in [0.25, 0.3) is 71.9 Å². The van der Waals surface area contributed by atoms with Crippen molar-refractivity contribution in [1.29, 1.82) is 0 Å². The average Bonchev–Trinajstić information content (AvgIpc) is 3.67. The quantitative estimate of drug-likeness (QED) is 0.210. The fourth-order valence-electron chi connectivity index (χ4n) is 7.62. The van der Waals surface area contributed by atoms with E-state index in [1.54, 1.807) is 0 Å². The molecule has 2 aromatic heterocycles. The van der Waals surface area contributed by atoms with Gasteiger partial charge in [-0.3, -0.25) is 4.57 Å². The van der Waals surface area contributed by atoms with E-state index in [9.17, 15) is 0 Å². The Labute approximate surface area is 278 Å². The first kappa shape index (κ1) is 26.9. The number of pyridine rings is 1. The maximum atomic E-state index is 5.14. The fraction of sp³-hybridized carbons (Fsp3) is 0. The molecule has 0 spiro atoms. The Hall–Kier alpha value is -6.29. The van der Waals surface area contributed by atoms with Crippen LogP contribution in [0.1, 0.15) is 0 Å². The molecule has 1 N–H and O–H groups in total. The van der Waals surface area contributed by atoms with Gasteiger partial charge in [0.25, 0.3) is 0 Å². The zero-order valence-electron chi connectivity index (χ0n) is 26.1. The number of nitrogens with one attached hydrogen (secondary N) is 1. The summed E-state index contributed by atoms with van der Waals surface area (Å²) in [5.41, 5.74) is 13.2. The van der Waals surface area contributed by atoms with Gasteiger partial charge in [-0.1, -0.05) is 103 Å². The van der Waals surface area contributed by atoms with Gasteiger partial charge in [0, 0.05) is 51.7 Å². The van der Waals surface area contributed by atoms with E-state index in [1.165, 1.54) is 65.8 Å². The molecule has 9 aromatic rings. The average molecular weight is 613 g/mol. The highest BCUT2D eigenvalue weighted by Crippen LogP contribution is 2.42. The number of para-hydroxylation sites is 2. The van der Waals surface area contributed by atoms with E-state index >= 15 is 0 Å². The molecular weight excluding hydrogens is 583 g/mol. The lowest BCUT2D eigenvalue weighted by Crippen LogP contribution is -2.95. The number of fused-ring (bicyclic) bond motifs is 7. The van der Waals surface area contributed by atoms with Crippen LogP contribution >= 0.6 is 0 Å². The summed E-state index contributed by atoms with van der Waals surface area (Å²) in [6.07, 6.45) is 0. The van der Waals surface area contributed by atoms with Crippen molar-refractivity contribution in [3.63, 3.8) is 0 Å². The van der Waals surface area contributed by atoms with Gasteiger partial charge in [-0.2, -0.15) is 0 Å². The molecule has 0 radical (unpaired) electrons. The summed E-state index contributed by atoms with van der Waals surface area (Å²) < 4.78 is 2.30. The Bertz CT molecular complexity index is 2690. The van der Waals surface area contributed by atoms with Crippen LogP contribution in [0.15, 0.2) is 176 Å². The summed E-state index contributed by atoms with van der Waals surface area (Å²) in [5, 5.41) is 4.96. The van der Waals surface area contributed by atoms with Gasteiger partial charge in [0.1, 0.15) is 22.9 Å². The summed E-state index contributed by atoms with van der Waals surface area (Å²) in [6.45, 7) is 0. The molecule has 0 saturated carbocycles. The highest BCUT2D eigenvalue weighted by molar-refractivity contribution is 6.10. The largest absolute Gasteiger partial charge is 0.294 e. The van der Waals surface area contributed by atoms with E-state index in [1.807, 2.05) is 6.07 Å². The van der Waals surface area contributed by atoms with Crippen LogP contribution in [0, 0.1) is 0 Å². The smallest absolute Gasteiger partial charge is 0.150 e. The number of hydrogen-bond acceptors (Lipinski definition) is 1. The molecular formula is C45H30N3+. The molecule has 0 amide bonds. The van der Waals surface area contributed by atoms with Crippen molar-refractivity contribution in [2.24, 2.45) is 0 Å². The van der Waals surface area contributed by atoms with E-state index in [0.29, 0.717) is 0 Å². The van der Waals surface area contributed by atoms with Crippen LogP contribution in [-0.4, -0.2) is 9.55 Å². The van der Waals surface area contributed by atoms with Crippen LogP contribution in [-0.2, 0) is 0 Å². The second kappa shape index (κ2) is 10.6. The zero-order valence-corrected chi connectivity index (χ0v) is 26.1. The molecule has 3 heterocycles. The molecule has 0 fully saturated rings. The SMILES string of the molecule is c1ccc(-c2cccc(-n3c4ccccc4c4cc(-c5ccc6c(c5)[NH+](c5ccc7ccccc7c5)c5ccccc5-6)ccc43)n2)cc1. The number of nitrogens with zero attached hydrogens (tertiary/aromatic N) is 2. The van der Waals surface area contributed by atoms with E-state index in [-0.39, 0.29) is 0 Å². The molecule has 3 nitrogen and oxygen atoms in total. The third-order valence-electron chi connectivity index (χ3n) is 9.85. The van der Waals surface area contributed by atoms with Gasteiger partial charge in [0.15, 0.2) is 0 Å². The van der Waals surface area contributed by atoms with E-state index in [4.69, 9.17) is 4.98 Å². The lowest BCUT2D eigenvalue weighted by molar-refractivity contribution is -0.676. The third kappa shape index (κ3) is 4.15. The number of quaternary nitrogens is 1. The normalized spacial score (nSPS) is 13.6. The van der Waals surface area contributed by atoms with Crippen LogP contribution in [0.5, 0.6) is 0 Å². The summed E-state index contributed by atoms with van der Waals surface area (Å²) in [7, 11) is 0. The Morgan fingerprint density at radius 2 is 1.15 bits per heavy atom. The van der Waals surface area contributed by atoms with Crippen molar-refractivity contribution in [3.8, 4) is 39.3 Å². The first-order valence-corrected chi connectivity index (χ1v) is 16.5. The van der Waals surface area contributed by atoms with Gasteiger partial charge in [-0.05, 0) is 70.4 Å². The Morgan fingerprint density at radius 3 is 2.08 bits per heavy atom. The second-order valence-electron chi connectivity index (χ2n) is 12.6. The van der Waals surface area contributed by atoms with Crippen LogP contribution in [0.4, 0.5) is 17.1 Å². The fourth-order valence-corrected chi connectivity index (χ4v) is 7.62. The molecule has 1 aliphatic rings. The van der Waals surface area contributed by atoms with Crippen LogP contribution in [0.3, 0.4) is 0 Å². The second-order valence-corrected chi connectivity index (χ2v) is 12.6. The highest BCUT2D eigenvalue weighted by Gasteiger charge is 2.33. The van der Waals surface area contributed by atoms with Crippen molar-refractivity contribution in [1.82, 2.24) is 9.55 Å². The van der Waals surface area contributed by atoms with Gasteiger partial charge in [0.05, 0.1) is 16.7 Å². The minimum atomic E-state index is 0.917. The van der Waals surface area contributed by atoms with Gasteiger partial charge in [0.2, 0.25) is 0 Å². The van der Waals surface area contributed by atoms with E-state index < -0.39 is 0 Å². The van der Waals surface area contributed by atoms with Gasteiger partial charge in [-0.15, -0.1) is 0 Å². The lowest BCUT2D eigenvalue weighted by Gasteiger charge is -2.16. The zero-order chi connectivity index (χ0) is 31.6. The third-order valence-corrected chi connectivity index (χ3v) is 9.85. The molecule has 7 aromatic carbocycles. The lowest BCUT2D eigenvalue weighted by atomic mass is 9.98. The van der Waals surface area contributed by atoms with E-state index in [0.717, 1.165) is 28.1 Å². The highest BCUT2D eigenvalue weighted by atomic mass is 15.2. The predicted octanol–water partition coefficient (Wildman–Crippen LogP) is 10.8. The topological polar surface area (TPSA) is 22.3 Å². The molecule has 0 saturated heterocycles. The molecule has 0 aliphatic carbocycles. The van der Waals surface area contributed by atoms with Gasteiger partial charge >= 0.3 is 0 Å². The molecule has 48 heavy (non-hydrogen) atoms. The monoisotopic (exact) mass is 612 g/mol.